The molecule has 1 amide bonds. The maximum Gasteiger partial charge on any atom is 0.220 e. The van der Waals surface area contributed by atoms with E-state index in [4.69, 9.17) is 0 Å². The molecule has 0 saturated heterocycles. The smallest absolute Gasteiger partial charge is 0.220 e. The molecule has 0 aromatic heterocycles. The molecule has 0 radical (unpaired) electrons. The Bertz CT molecular complexity index is 368. The average Bonchev–Trinajstić information content (AvgIpc) is 2.32. The Morgan fingerprint density at radius 3 is 2.37 bits per heavy atom. The maximum atomic E-state index is 11.6. The van der Waals surface area contributed by atoms with Gasteiger partial charge in [0.05, 0.1) is 0 Å². The van der Waals surface area contributed by atoms with Crippen LogP contribution in [0, 0.1) is 5.41 Å². The van der Waals surface area contributed by atoms with E-state index in [2.05, 4.69) is 55.7 Å². The van der Waals surface area contributed by atoms with Crippen molar-refractivity contribution >= 4 is 5.91 Å². The molecule has 0 unspecified atom stereocenters. The van der Waals surface area contributed by atoms with E-state index in [1.54, 1.807) is 0 Å². The quantitative estimate of drug-likeness (QED) is 0.741. The van der Waals surface area contributed by atoms with Gasteiger partial charge in [-0.25, -0.2) is 0 Å². The molecular weight excluding hydrogens is 236 g/mol. The normalized spacial score (nSPS) is 11.3. The Labute approximate surface area is 116 Å². The van der Waals surface area contributed by atoms with Gasteiger partial charge in [0.2, 0.25) is 5.91 Å². The first-order chi connectivity index (χ1) is 8.97. The van der Waals surface area contributed by atoms with Gasteiger partial charge < -0.3 is 10.6 Å². The number of benzene rings is 1. The fourth-order valence-corrected chi connectivity index (χ4v) is 1.84. The molecule has 0 spiro atoms. The van der Waals surface area contributed by atoms with E-state index in [1.165, 1.54) is 5.56 Å². The summed E-state index contributed by atoms with van der Waals surface area (Å²) in [6, 6.07) is 10.4. The number of hydrogen-bond acceptors (Lipinski definition) is 2. The van der Waals surface area contributed by atoms with E-state index >= 15 is 0 Å². The topological polar surface area (TPSA) is 41.1 Å². The van der Waals surface area contributed by atoms with Crippen LogP contribution in [0.1, 0.15) is 32.8 Å². The average molecular weight is 262 g/mol. The monoisotopic (exact) mass is 262 g/mol. The van der Waals surface area contributed by atoms with E-state index in [1.807, 2.05) is 6.07 Å². The van der Waals surface area contributed by atoms with Crippen LogP contribution in [0.2, 0.25) is 0 Å². The van der Waals surface area contributed by atoms with Crippen LogP contribution in [-0.4, -0.2) is 25.5 Å². The second-order valence-corrected chi connectivity index (χ2v) is 6.07. The maximum absolute atomic E-state index is 11.6. The van der Waals surface area contributed by atoms with Crippen molar-refractivity contribution in [2.75, 3.05) is 19.6 Å². The summed E-state index contributed by atoms with van der Waals surface area (Å²) in [5.41, 5.74) is 1.40. The lowest BCUT2D eigenvalue weighted by atomic mass is 9.92. The molecule has 2 N–H and O–H groups in total. The number of carbonyl (C=O) groups is 1. The molecule has 0 heterocycles. The molecule has 0 fully saturated rings. The van der Waals surface area contributed by atoms with E-state index < -0.39 is 0 Å². The Hall–Kier alpha value is -1.35. The van der Waals surface area contributed by atoms with E-state index in [9.17, 15) is 4.79 Å². The molecule has 0 aliphatic heterocycles. The van der Waals surface area contributed by atoms with Crippen molar-refractivity contribution in [3.05, 3.63) is 35.9 Å². The lowest BCUT2D eigenvalue weighted by Gasteiger charge is -2.17. The summed E-state index contributed by atoms with van der Waals surface area (Å²) in [4.78, 5) is 11.6. The highest BCUT2D eigenvalue weighted by atomic mass is 16.1. The number of rotatable bonds is 7. The Morgan fingerprint density at radius 2 is 1.74 bits per heavy atom. The van der Waals surface area contributed by atoms with Crippen molar-refractivity contribution in [3.63, 3.8) is 0 Å². The molecule has 0 aliphatic rings. The molecule has 0 aliphatic carbocycles. The summed E-state index contributed by atoms with van der Waals surface area (Å²) in [5, 5.41) is 6.27. The number of hydrogen-bond donors (Lipinski definition) is 2. The molecule has 1 aromatic rings. The largest absolute Gasteiger partial charge is 0.355 e. The minimum atomic E-state index is 0.0603. The summed E-state index contributed by atoms with van der Waals surface area (Å²) in [5.74, 6) is 0.136. The zero-order valence-electron chi connectivity index (χ0n) is 12.3. The van der Waals surface area contributed by atoms with Crippen LogP contribution in [0.25, 0.3) is 0 Å². The van der Waals surface area contributed by atoms with E-state index in [0.717, 1.165) is 19.5 Å². The van der Waals surface area contributed by atoms with Crippen LogP contribution in [0.4, 0.5) is 0 Å². The third-order valence-electron chi connectivity index (χ3n) is 2.75. The lowest BCUT2D eigenvalue weighted by Crippen LogP contribution is -2.34. The second kappa shape index (κ2) is 7.95. The predicted octanol–water partition coefficient (Wildman–Crippen LogP) is 2.37. The third kappa shape index (κ3) is 8.38. The van der Waals surface area contributed by atoms with Gasteiger partial charge in [-0.1, -0.05) is 51.1 Å². The summed E-state index contributed by atoms with van der Waals surface area (Å²) >= 11 is 0. The SMILES string of the molecule is CC(C)(C)CC(=O)NCCNCCc1ccccc1. The Balaban J connectivity index is 2.01. The zero-order chi connectivity index (χ0) is 14.1. The van der Waals surface area contributed by atoms with Gasteiger partial charge in [0, 0.05) is 19.5 Å². The molecule has 1 rings (SSSR count). The first-order valence-corrected chi connectivity index (χ1v) is 6.99. The number of amides is 1. The van der Waals surface area contributed by atoms with Crippen LogP contribution in [0.3, 0.4) is 0 Å². The van der Waals surface area contributed by atoms with Crippen LogP contribution in [-0.2, 0) is 11.2 Å². The van der Waals surface area contributed by atoms with E-state index in [-0.39, 0.29) is 11.3 Å². The number of nitrogens with one attached hydrogen (secondary N) is 2. The standard InChI is InChI=1S/C16H26N2O/c1-16(2,3)13-15(19)18-12-11-17-10-9-14-7-5-4-6-8-14/h4-8,17H,9-13H2,1-3H3,(H,18,19). The van der Waals surface area contributed by atoms with Crippen LogP contribution < -0.4 is 10.6 Å². The Morgan fingerprint density at radius 1 is 1.05 bits per heavy atom. The van der Waals surface area contributed by atoms with Crippen LogP contribution >= 0.6 is 0 Å². The zero-order valence-corrected chi connectivity index (χ0v) is 12.3. The molecule has 3 heteroatoms. The van der Waals surface area contributed by atoms with Gasteiger partial charge in [-0.15, -0.1) is 0 Å². The van der Waals surface area contributed by atoms with Gasteiger partial charge in [0.1, 0.15) is 0 Å². The first kappa shape index (κ1) is 15.7. The van der Waals surface area contributed by atoms with E-state index in [0.29, 0.717) is 13.0 Å². The molecule has 0 atom stereocenters. The van der Waals surface area contributed by atoms with Gasteiger partial charge in [-0.2, -0.15) is 0 Å². The number of carbonyl (C=O) groups excluding carboxylic acids is 1. The summed E-state index contributed by atoms with van der Waals surface area (Å²) in [7, 11) is 0. The molecular formula is C16H26N2O. The van der Waals surface area contributed by atoms with Crippen molar-refractivity contribution < 1.29 is 4.79 Å². The van der Waals surface area contributed by atoms with Crippen molar-refractivity contribution in [2.24, 2.45) is 5.41 Å². The highest BCUT2D eigenvalue weighted by molar-refractivity contribution is 5.76. The van der Waals surface area contributed by atoms with Crippen molar-refractivity contribution in [3.8, 4) is 0 Å². The Kier molecular flexibility index (Phi) is 6.57. The van der Waals surface area contributed by atoms with Gasteiger partial charge >= 0.3 is 0 Å². The van der Waals surface area contributed by atoms with Gasteiger partial charge in [0.25, 0.3) is 0 Å². The predicted molar refractivity (Wildman–Crippen MR) is 80.1 cm³/mol. The molecule has 0 bridgehead atoms. The van der Waals surface area contributed by atoms with Crippen molar-refractivity contribution in [1.29, 1.82) is 0 Å². The van der Waals surface area contributed by atoms with Gasteiger partial charge in [-0.05, 0) is 23.9 Å². The van der Waals surface area contributed by atoms with Crippen molar-refractivity contribution in [1.82, 2.24) is 10.6 Å². The molecule has 106 valence electrons. The van der Waals surface area contributed by atoms with Crippen molar-refractivity contribution in [2.45, 2.75) is 33.6 Å². The summed E-state index contributed by atoms with van der Waals surface area (Å²) in [6.45, 7) is 8.69. The highest BCUT2D eigenvalue weighted by Gasteiger charge is 2.14. The second-order valence-electron chi connectivity index (χ2n) is 6.07. The molecule has 19 heavy (non-hydrogen) atoms. The first-order valence-electron chi connectivity index (χ1n) is 6.99. The molecule has 0 saturated carbocycles. The summed E-state index contributed by atoms with van der Waals surface area (Å²) < 4.78 is 0. The minimum absolute atomic E-state index is 0.0603. The highest BCUT2D eigenvalue weighted by Crippen LogP contribution is 2.17. The molecule has 1 aromatic carbocycles. The minimum Gasteiger partial charge on any atom is -0.355 e. The lowest BCUT2D eigenvalue weighted by molar-refractivity contribution is -0.122. The van der Waals surface area contributed by atoms with Crippen LogP contribution in [0.15, 0.2) is 30.3 Å². The third-order valence-corrected chi connectivity index (χ3v) is 2.75. The fourth-order valence-electron chi connectivity index (χ4n) is 1.84. The van der Waals surface area contributed by atoms with Gasteiger partial charge in [-0.3, -0.25) is 4.79 Å². The summed E-state index contributed by atoms with van der Waals surface area (Å²) in [6.07, 6.45) is 1.60. The molecule has 3 nitrogen and oxygen atoms in total. The van der Waals surface area contributed by atoms with Crippen LogP contribution in [0.5, 0.6) is 0 Å². The van der Waals surface area contributed by atoms with Gasteiger partial charge in [0.15, 0.2) is 0 Å². The fraction of sp³-hybridized carbons (Fsp3) is 0.562.